The van der Waals surface area contributed by atoms with Crippen LogP contribution in [0.15, 0.2) is 36.4 Å². The third-order valence-electron chi connectivity index (χ3n) is 3.55. The van der Waals surface area contributed by atoms with Crippen LogP contribution in [0.4, 0.5) is 0 Å². The number of nitrogens with two attached hydrogens (primary N) is 1. The summed E-state index contributed by atoms with van der Waals surface area (Å²) in [5.74, 6) is 2.02. The van der Waals surface area contributed by atoms with Crippen molar-refractivity contribution in [2.24, 2.45) is 5.73 Å². The van der Waals surface area contributed by atoms with Crippen LogP contribution >= 0.6 is 11.6 Å². The Hall–Kier alpha value is -1.51. The number of ether oxygens (including phenoxy) is 1. The molecule has 3 heteroatoms. The number of hydrogen-bond donors (Lipinski definition) is 1. The minimum atomic E-state index is 0.507. The van der Waals surface area contributed by atoms with Crippen molar-refractivity contribution >= 4 is 11.6 Å². The highest BCUT2D eigenvalue weighted by Crippen LogP contribution is 2.34. The first-order valence-corrected chi connectivity index (χ1v) is 7.66. The number of rotatable bonds is 5. The van der Waals surface area contributed by atoms with Gasteiger partial charge in [0.25, 0.3) is 0 Å². The molecule has 2 rings (SSSR count). The predicted molar refractivity (Wildman–Crippen MR) is 89.6 cm³/mol. The van der Waals surface area contributed by atoms with Crippen LogP contribution in [0.5, 0.6) is 11.5 Å². The molecule has 21 heavy (non-hydrogen) atoms. The van der Waals surface area contributed by atoms with Gasteiger partial charge in [-0.25, -0.2) is 0 Å². The van der Waals surface area contributed by atoms with Crippen LogP contribution in [0.1, 0.15) is 36.5 Å². The van der Waals surface area contributed by atoms with Crippen molar-refractivity contribution in [2.45, 2.75) is 33.1 Å². The van der Waals surface area contributed by atoms with Crippen LogP contribution in [-0.4, -0.2) is 6.54 Å². The van der Waals surface area contributed by atoms with Crippen molar-refractivity contribution in [3.05, 3.63) is 58.1 Å². The Morgan fingerprint density at radius 1 is 1.19 bits per heavy atom. The van der Waals surface area contributed by atoms with Gasteiger partial charge in [0.2, 0.25) is 0 Å². The zero-order valence-electron chi connectivity index (χ0n) is 12.8. The first kappa shape index (κ1) is 15.9. The third-order valence-corrected chi connectivity index (χ3v) is 3.84. The summed E-state index contributed by atoms with van der Waals surface area (Å²) in [6.45, 7) is 7.06. The van der Waals surface area contributed by atoms with Crippen LogP contribution in [0.25, 0.3) is 0 Å². The summed E-state index contributed by atoms with van der Waals surface area (Å²) < 4.78 is 6.02. The molecule has 0 saturated heterocycles. The molecule has 0 amide bonds. The predicted octanol–water partition coefficient (Wildman–Crippen LogP) is 5.07. The fourth-order valence-corrected chi connectivity index (χ4v) is 2.73. The van der Waals surface area contributed by atoms with Gasteiger partial charge in [-0.3, -0.25) is 0 Å². The molecule has 0 fully saturated rings. The first-order valence-electron chi connectivity index (χ1n) is 7.28. The Balaban J connectivity index is 2.32. The molecule has 112 valence electrons. The topological polar surface area (TPSA) is 35.2 Å². The highest BCUT2D eigenvalue weighted by atomic mass is 35.5. The van der Waals surface area contributed by atoms with Crippen LogP contribution in [0.3, 0.4) is 0 Å². The number of halogens is 1. The van der Waals surface area contributed by atoms with Crippen LogP contribution in [0.2, 0.25) is 5.02 Å². The Labute approximate surface area is 131 Å². The van der Waals surface area contributed by atoms with E-state index in [4.69, 9.17) is 22.1 Å². The Kier molecular flexibility index (Phi) is 5.27. The quantitative estimate of drug-likeness (QED) is 0.837. The maximum atomic E-state index is 6.27. The number of para-hydroxylation sites is 1. The molecule has 0 radical (unpaired) electrons. The second-order valence-corrected chi connectivity index (χ2v) is 5.95. The molecule has 0 bridgehead atoms. The number of hydrogen-bond acceptors (Lipinski definition) is 2. The van der Waals surface area contributed by atoms with Crippen molar-refractivity contribution in [1.82, 2.24) is 0 Å². The minimum Gasteiger partial charge on any atom is -0.456 e. The van der Waals surface area contributed by atoms with Crippen LogP contribution in [-0.2, 0) is 6.42 Å². The van der Waals surface area contributed by atoms with Crippen molar-refractivity contribution in [1.29, 1.82) is 0 Å². The second kappa shape index (κ2) is 6.97. The molecule has 0 unspecified atom stereocenters. The average molecular weight is 304 g/mol. The van der Waals surface area contributed by atoms with Crippen LogP contribution in [0, 0.1) is 6.92 Å². The molecule has 0 saturated carbocycles. The van der Waals surface area contributed by atoms with Crippen molar-refractivity contribution in [2.75, 3.05) is 6.54 Å². The summed E-state index contributed by atoms with van der Waals surface area (Å²) in [4.78, 5) is 0. The van der Waals surface area contributed by atoms with Gasteiger partial charge in [0.1, 0.15) is 11.5 Å². The molecule has 0 aliphatic rings. The van der Waals surface area contributed by atoms with Crippen molar-refractivity contribution in [3.63, 3.8) is 0 Å². The van der Waals surface area contributed by atoms with Crippen molar-refractivity contribution < 1.29 is 4.74 Å². The molecular formula is C18H22ClNO. The van der Waals surface area contributed by atoms with Gasteiger partial charge in [-0.2, -0.15) is 0 Å². The highest BCUT2D eigenvalue weighted by Gasteiger charge is 2.11. The molecule has 2 N–H and O–H groups in total. The van der Waals surface area contributed by atoms with Gasteiger partial charge in [-0.05, 0) is 60.7 Å². The third kappa shape index (κ3) is 3.78. The van der Waals surface area contributed by atoms with E-state index in [9.17, 15) is 0 Å². The lowest BCUT2D eigenvalue weighted by atomic mass is 9.98. The number of benzene rings is 2. The molecule has 0 atom stereocenters. The van der Waals surface area contributed by atoms with E-state index in [1.165, 1.54) is 11.1 Å². The van der Waals surface area contributed by atoms with E-state index in [1.54, 1.807) is 0 Å². The van der Waals surface area contributed by atoms with Gasteiger partial charge in [0, 0.05) is 0 Å². The summed E-state index contributed by atoms with van der Waals surface area (Å²) in [7, 11) is 0. The lowest BCUT2D eigenvalue weighted by Gasteiger charge is -2.15. The molecule has 2 aromatic rings. The molecule has 2 nitrogen and oxygen atoms in total. The van der Waals surface area contributed by atoms with E-state index >= 15 is 0 Å². The van der Waals surface area contributed by atoms with Gasteiger partial charge in [-0.15, -0.1) is 0 Å². The zero-order chi connectivity index (χ0) is 15.4. The van der Waals surface area contributed by atoms with Crippen LogP contribution < -0.4 is 10.5 Å². The Bertz CT molecular complexity index is 623. The lowest BCUT2D eigenvalue weighted by Crippen LogP contribution is -2.04. The van der Waals surface area contributed by atoms with Gasteiger partial charge < -0.3 is 10.5 Å². The summed E-state index contributed by atoms with van der Waals surface area (Å²) >= 11 is 6.27. The van der Waals surface area contributed by atoms with E-state index in [0.717, 1.165) is 17.7 Å². The van der Waals surface area contributed by atoms with E-state index in [-0.39, 0.29) is 0 Å². The maximum Gasteiger partial charge on any atom is 0.149 e. The van der Waals surface area contributed by atoms with E-state index in [1.807, 2.05) is 24.3 Å². The Morgan fingerprint density at radius 2 is 1.95 bits per heavy atom. The molecule has 0 aliphatic heterocycles. The maximum absolute atomic E-state index is 6.27. The monoisotopic (exact) mass is 303 g/mol. The van der Waals surface area contributed by atoms with Gasteiger partial charge >= 0.3 is 0 Å². The SMILES string of the molecule is Cc1cc(Oc2c(Cl)cccc2CCN)ccc1C(C)C. The molecule has 0 aromatic heterocycles. The molecule has 2 aromatic carbocycles. The summed E-state index contributed by atoms with van der Waals surface area (Å²) in [6, 6.07) is 11.9. The molecular weight excluding hydrogens is 282 g/mol. The van der Waals surface area contributed by atoms with E-state index < -0.39 is 0 Å². The lowest BCUT2D eigenvalue weighted by molar-refractivity contribution is 0.475. The summed E-state index contributed by atoms with van der Waals surface area (Å²) in [5.41, 5.74) is 9.26. The zero-order valence-corrected chi connectivity index (χ0v) is 13.6. The van der Waals surface area contributed by atoms with Crippen molar-refractivity contribution in [3.8, 4) is 11.5 Å². The largest absolute Gasteiger partial charge is 0.456 e. The first-order chi connectivity index (χ1) is 10.0. The van der Waals surface area contributed by atoms with Gasteiger partial charge in [0.15, 0.2) is 0 Å². The second-order valence-electron chi connectivity index (χ2n) is 5.54. The van der Waals surface area contributed by atoms with E-state index in [0.29, 0.717) is 23.2 Å². The molecule has 0 aliphatic carbocycles. The van der Waals surface area contributed by atoms with E-state index in [2.05, 4.69) is 32.9 Å². The standard InChI is InChI=1S/C18H22ClNO/c1-12(2)16-8-7-15(11-13(16)3)21-18-14(9-10-20)5-4-6-17(18)19/h4-8,11-12H,9-10,20H2,1-3H3. The summed E-state index contributed by atoms with van der Waals surface area (Å²) in [6.07, 6.45) is 0.749. The summed E-state index contributed by atoms with van der Waals surface area (Å²) in [5, 5.41) is 0.617. The minimum absolute atomic E-state index is 0.507. The fourth-order valence-electron chi connectivity index (χ4n) is 2.50. The Morgan fingerprint density at radius 3 is 2.57 bits per heavy atom. The number of aryl methyl sites for hydroxylation is 1. The average Bonchev–Trinajstić information content (AvgIpc) is 2.42. The molecule has 0 heterocycles. The highest BCUT2D eigenvalue weighted by molar-refractivity contribution is 6.32. The fraction of sp³-hybridized carbons (Fsp3) is 0.333. The molecule has 0 spiro atoms. The van der Waals surface area contributed by atoms with Gasteiger partial charge in [0.05, 0.1) is 5.02 Å². The van der Waals surface area contributed by atoms with Gasteiger partial charge in [-0.1, -0.05) is 43.6 Å². The normalized spacial score (nSPS) is 11.0. The smallest absolute Gasteiger partial charge is 0.149 e.